The number of aldehydes is 1. The molecule has 0 bridgehead atoms. The van der Waals surface area contributed by atoms with Crippen LogP contribution in [0.25, 0.3) is 11.0 Å². The standard InChI is InChI=1S/C15H17ClN4O5/c1-7(23)19-12-10-8(4-21)3-20(13(10)18-6-17-12)14-15(2,16)11(24)9(5-22)25-14/h3-4,6,9,11,14,22,24H,5H2,1-2H3,(H,17,18,19,23)/t9-,11-,14-,15-/m1/s1. The number of aliphatic hydroxyl groups is 2. The Morgan fingerprint density at radius 2 is 2.28 bits per heavy atom. The number of ether oxygens (including phenoxy) is 1. The molecule has 3 heterocycles. The summed E-state index contributed by atoms with van der Waals surface area (Å²) in [6.45, 7) is 2.48. The number of amides is 1. The van der Waals surface area contributed by atoms with Gasteiger partial charge in [0.1, 0.15) is 34.9 Å². The number of halogens is 1. The number of nitrogens with zero attached hydrogens (tertiary/aromatic N) is 3. The molecule has 2 aromatic heterocycles. The van der Waals surface area contributed by atoms with Gasteiger partial charge in [-0.15, -0.1) is 11.6 Å². The number of fused-ring (bicyclic) bond motifs is 1. The molecule has 1 aliphatic rings. The Labute approximate surface area is 147 Å². The van der Waals surface area contributed by atoms with Crippen LogP contribution in [0.15, 0.2) is 12.5 Å². The first-order chi connectivity index (χ1) is 11.8. The van der Waals surface area contributed by atoms with E-state index < -0.39 is 29.9 Å². The van der Waals surface area contributed by atoms with Crippen LogP contribution in [-0.2, 0) is 9.53 Å². The molecule has 0 spiro atoms. The minimum Gasteiger partial charge on any atom is -0.394 e. The maximum absolute atomic E-state index is 11.5. The molecule has 0 saturated carbocycles. The molecule has 9 nitrogen and oxygen atoms in total. The number of aromatic nitrogens is 3. The molecule has 134 valence electrons. The lowest BCUT2D eigenvalue weighted by atomic mass is 10.0. The number of hydrogen-bond acceptors (Lipinski definition) is 7. The molecule has 2 aromatic rings. The Morgan fingerprint density at radius 1 is 1.56 bits per heavy atom. The normalized spacial score (nSPS) is 29.1. The first-order valence-electron chi connectivity index (χ1n) is 7.52. The molecule has 0 unspecified atom stereocenters. The van der Waals surface area contributed by atoms with E-state index in [-0.39, 0.29) is 17.3 Å². The van der Waals surface area contributed by atoms with Crippen molar-refractivity contribution in [1.29, 1.82) is 0 Å². The molecule has 0 radical (unpaired) electrons. The summed E-state index contributed by atoms with van der Waals surface area (Å²) < 4.78 is 7.18. The molecule has 1 aliphatic heterocycles. The molecular formula is C15H17ClN4O5. The van der Waals surface area contributed by atoms with Crippen LogP contribution >= 0.6 is 11.6 Å². The number of anilines is 1. The van der Waals surface area contributed by atoms with Crippen molar-refractivity contribution in [3.8, 4) is 0 Å². The molecule has 1 amide bonds. The van der Waals surface area contributed by atoms with E-state index in [9.17, 15) is 19.8 Å². The fourth-order valence-electron chi connectivity index (χ4n) is 3.01. The minimum absolute atomic E-state index is 0.187. The highest BCUT2D eigenvalue weighted by Gasteiger charge is 2.53. The second-order valence-electron chi connectivity index (χ2n) is 6.02. The first kappa shape index (κ1) is 17.7. The van der Waals surface area contributed by atoms with Gasteiger partial charge in [0, 0.05) is 18.7 Å². The molecule has 10 heteroatoms. The van der Waals surface area contributed by atoms with E-state index in [0.29, 0.717) is 17.3 Å². The zero-order valence-corrected chi connectivity index (χ0v) is 14.3. The molecule has 4 atom stereocenters. The van der Waals surface area contributed by atoms with E-state index in [2.05, 4.69) is 15.3 Å². The molecule has 1 fully saturated rings. The molecule has 1 saturated heterocycles. The van der Waals surface area contributed by atoms with Crippen molar-refractivity contribution >= 4 is 40.6 Å². The Balaban J connectivity index is 2.18. The van der Waals surface area contributed by atoms with E-state index in [0.717, 1.165) is 0 Å². The Kier molecular flexibility index (Phi) is 4.50. The van der Waals surface area contributed by atoms with Crippen LogP contribution in [0.3, 0.4) is 0 Å². The number of alkyl halides is 1. The second-order valence-corrected chi connectivity index (χ2v) is 6.83. The molecule has 0 aromatic carbocycles. The Hall–Kier alpha value is -2.07. The highest BCUT2D eigenvalue weighted by Crippen LogP contribution is 2.44. The summed E-state index contributed by atoms with van der Waals surface area (Å²) in [5.74, 6) is -0.161. The number of hydrogen-bond donors (Lipinski definition) is 3. The van der Waals surface area contributed by atoms with Gasteiger partial charge in [0.05, 0.1) is 12.0 Å². The average molecular weight is 369 g/mol. The summed E-state index contributed by atoms with van der Waals surface area (Å²) >= 11 is 6.46. The zero-order chi connectivity index (χ0) is 18.4. The van der Waals surface area contributed by atoms with Crippen molar-refractivity contribution in [1.82, 2.24) is 14.5 Å². The van der Waals surface area contributed by atoms with Crippen molar-refractivity contribution in [3.05, 3.63) is 18.1 Å². The van der Waals surface area contributed by atoms with Gasteiger partial charge >= 0.3 is 0 Å². The number of nitrogens with one attached hydrogen (secondary N) is 1. The third-order valence-electron chi connectivity index (χ3n) is 4.21. The maximum Gasteiger partial charge on any atom is 0.222 e. The lowest BCUT2D eigenvalue weighted by molar-refractivity contribution is -0.114. The second kappa shape index (κ2) is 6.34. The van der Waals surface area contributed by atoms with Crippen molar-refractivity contribution in [2.75, 3.05) is 11.9 Å². The van der Waals surface area contributed by atoms with Crippen molar-refractivity contribution in [2.45, 2.75) is 37.2 Å². The fourth-order valence-corrected chi connectivity index (χ4v) is 3.30. The summed E-state index contributed by atoms with van der Waals surface area (Å²) in [5.41, 5.74) is 0.542. The average Bonchev–Trinajstić information content (AvgIpc) is 3.04. The van der Waals surface area contributed by atoms with E-state index in [1.165, 1.54) is 24.0 Å². The van der Waals surface area contributed by atoms with Crippen LogP contribution in [0, 0.1) is 0 Å². The molecular weight excluding hydrogens is 352 g/mol. The summed E-state index contributed by atoms with van der Waals surface area (Å²) in [4.78, 5) is 29.8. The van der Waals surface area contributed by atoms with Gasteiger partial charge < -0.3 is 24.8 Å². The third-order valence-corrected chi connectivity index (χ3v) is 4.62. The summed E-state index contributed by atoms with van der Waals surface area (Å²) in [6, 6.07) is 0. The lowest BCUT2D eigenvalue weighted by Crippen LogP contribution is -2.39. The lowest BCUT2D eigenvalue weighted by Gasteiger charge is -2.26. The zero-order valence-electron chi connectivity index (χ0n) is 13.5. The summed E-state index contributed by atoms with van der Waals surface area (Å²) in [5, 5.41) is 22.5. The van der Waals surface area contributed by atoms with Gasteiger partial charge in [-0.3, -0.25) is 9.59 Å². The number of carbonyl (C=O) groups is 2. The van der Waals surface area contributed by atoms with Crippen LogP contribution in [-0.4, -0.2) is 60.6 Å². The first-order valence-corrected chi connectivity index (χ1v) is 7.90. The van der Waals surface area contributed by atoms with Crippen LogP contribution in [0.2, 0.25) is 0 Å². The number of aliphatic hydroxyl groups excluding tert-OH is 2. The predicted molar refractivity (Wildman–Crippen MR) is 88.5 cm³/mol. The van der Waals surface area contributed by atoms with Crippen LogP contribution < -0.4 is 5.32 Å². The Bertz CT molecular complexity index is 837. The monoisotopic (exact) mass is 368 g/mol. The van der Waals surface area contributed by atoms with E-state index in [1.807, 2.05) is 0 Å². The van der Waals surface area contributed by atoms with Crippen molar-refractivity contribution in [3.63, 3.8) is 0 Å². The van der Waals surface area contributed by atoms with E-state index in [1.54, 1.807) is 6.92 Å². The minimum atomic E-state index is -1.27. The maximum atomic E-state index is 11.5. The van der Waals surface area contributed by atoms with Gasteiger partial charge in [-0.1, -0.05) is 0 Å². The number of rotatable bonds is 4. The molecule has 3 N–H and O–H groups in total. The van der Waals surface area contributed by atoms with Crippen LogP contribution in [0.5, 0.6) is 0 Å². The van der Waals surface area contributed by atoms with Gasteiger partial charge in [0.2, 0.25) is 5.91 Å². The van der Waals surface area contributed by atoms with Gasteiger partial charge in [0.25, 0.3) is 0 Å². The highest BCUT2D eigenvalue weighted by molar-refractivity contribution is 6.24. The van der Waals surface area contributed by atoms with Crippen LogP contribution in [0.1, 0.15) is 30.4 Å². The largest absolute Gasteiger partial charge is 0.394 e. The predicted octanol–water partition coefficient (Wildman–Crippen LogP) is 0.450. The smallest absolute Gasteiger partial charge is 0.222 e. The van der Waals surface area contributed by atoms with Gasteiger partial charge in [-0.25, -0.2) is 9.97 Å². The molecule has 3 rings (SSSR count). The Morgan fingerprint density at radius 3 is 2.84 bits per heavy atom. The van der Waals surface area contributed by atoms with Gasteiger partial charge in [-0.05, 0) is 6.92 Å². The molecule has 0 aliphatic carbocycles. The molecule has 25 heavy (non-hydrogen) atoms. The highest BCUT2D eigenvalue weighted by atomic mass is 35.5. The topological polar surface area (TPSA) is 127 Å². The van der Waals surface area contributed by atoms with Crippen molar-refractivity contribution in [2.24, 2.45) is 0 Å². The fraction of sp³-hybridized carbons (Fsp3) is 0.467. The quantitative estimate of drug-likeness (QED) is 0.528. The van der Waals surface area contributed by atoms with Gasteiger partial charge in [0.15, 0.2) is 12.5 Å². The SMILES string of the molecule is CC(=O)Nc1ncnc2c1c(C=O)cn2[C@@H]1O[C@H](CO)[C@@H](O)[C@@]1(C)Cl. The third kappa shape index (κ3) is 2.78. The van der Waals surface area contributed by atoms with Crippen molar-refractivity contribution < 1.29 is 24.5 Å². The van der Waals surface area contributed by atoms with Gasteiger partial charge in [-0.2, -0.15) is 0 Å². The van der Waals surface area contributed by atoms with E-state index >= 15 is 0 Å². The number of carbonyl (C=O) groups excluding carboxylic acids is 2. The van der Waals surface area contributed by atoms with Crippen LogP contribution in [0.4, 0.5) is 5.82 Å². The summed E-state index contributed by atoms with van der Waals surface area (Å²) in [7, 11) is 0. The summed E-state index contributed by atoms with van der Waals surface area (Å²) in [6.07, 6.45) is 0.416. The van der Waals surface area contributed by atoms with E-state index in [4.69, 9.17) is 16.3 Å².